The van der Waals surface area contributed by atoms with Gasteiger partial charge in [0.1, 0.15) is 5.75 Å². The first-order valence-electron chi connectivity index (χ1n) is 3.55. The zero-order valence-corrected chi connectivity index (χ0v) is 6.45. The van der Waals surface area contributed by atoms with E-state index in [2.05, 4.69) is 4.98 Å². The predicted molar refractivity (Wildman–Crippen MR) is 41.3 cm³/mol. The molecule has 3 heteroatoms. The van der Waals surface area contributed by atoms with Crippen molar-refractivity contribution in [2.45, 2.75) is 13.5 Å². The van der Waals surface area contributed by atoms with Crippen molar-refractivity contribution in [2.24, 2.45) is 0 Å². The van der Waals surface area contributed by atoms with Crippen molar-refractivity contribution in [1.82, 2.24) is 4.98 Å². The minimum absolute atomic E-state index is 0.0408. The summed E-state index contributed by atoms with van der Waals surface area (Å²) in [6, 6.07) is 3.49. The molecule has 11 heavy (non-hydrogen) atoms. The fourth-order valence-electron chi connectivity index (χ4n) is 0.799. The lowest BCUT2D eigenvalue weighted by molar-refractivity contribution is 0.275. The molecule has 0 aliphatic rings. The molecule has 0 fully saturated rings. The number of pyridine rings is 1. The van der Waals surface area contributed by atoms with Gasteiger partial charge in [0.15, 0.2) is 0 Å². The maximum atomic E-state index is 8.71. The van der Waals surface area contributed by atoms with Gasteiger partial charge in [0, 0.05) is 12.3 Å². The number of hydrogen-bond donors (Lipinski definition) is 1. The highest BCUT2D eigenvalue weighted by atomic mass is 16.5. The minimum atomic E-state index is -0.0408. The number of aromatic nitrogens is 1. The van der Waals surface area contributed by atoms with E-state index in [1.54, 1.807) is 18.3 Å². The molecule has 0 aliphatic carbocycles. The van der Waals surface area contributed by atoms with Crippen molar-refractivity contribution >= 4 is 0 Å². The quantitative estimate of drug-likeness (QED) is 0.703. The Bertz CT molecular complexity index is 225. The average Bonchev–Trinajstić information content (AvgIpc) is 2.06. The third-order valence-electron chi connectivity index (χ3n) is 1.26. The third kappa shape index (κ3) is 2.20. The Morgan fingerprint density at radius 1 is 1.64 bits per heavy atom. The standard InChI is InChI=1S/C8H11NO2/c1-2-11-8-3-4-9-7(5-8)6-10/h3-5,10H,2,6H2,1H3. The monoisotopic (exact) mass is 153 g/mol. The Balaban J connectivity index is 2.74. The predicted octanol–water partition coefficient (Wildman–Crippen LogP) is 0.973. The van der Waals surface area contributed by atoms with Crippen molar-refractivity contribution in [3.05, 3.63) is 24.0 Å². The second-order valence-electron chi connectivity index (χ2n) is 2.07. The van der Waals surface area contributed by atoms with Crippen LogP contribution in [0.4, 0.5) is 0 Å². The summed E-state index contributed by atoms with van der Waals surface area (Å²) in [5.41, 5.74) is 0.635. The lowest BCUT2D eigenvalue weighted by Gasteiger charge is -2.02. The zero-order valence-electron chi connectivity index (χ0n) is 6.45. The zero-order chi connectivity index (χ0) is 8.10. The van der Waals surface area contributed by atoms with E-state index in [-0.39, 0.29) is 6.61 Å². The van der Waals surface area contributed by atoms with Crippen LogP contribution in [0.2, 0.25) is 0 Å². The summed E-state index contributed by atoms with van der Waals surface area (Å²) < 4.78 is 5.20. The van der Waals surface area contributed by atoms with Crippen LogP contribution >= 0.6 is 0 Å². The largest absolute Gasteiger partial charge is 0.494 e. The van der Waals surface area contributed by atoms with Crippen LogP contribution < -0.4 is 4.74 Å². The Hall–Kier alpha value is -1.09. The molecule has 0 bridgehead atoms. The summed E-state index contributed by atoms with van der Waals surface area (Å²) in [4.78, 5) is 3.91. The number of nitrogens with zero attached hydrogens (tertiary/aromatic N) is 1. The summed E-state index contributed by atoms with van der Waals surface area (Å²) in [6.07, 6.45) is 1.62. The van der Waals surface area contributed by atoms with Gasteiger partial charge in [0.25, 0.3) is 0 Å². The molecule has 0 aromatic carbocycles. The fourth-order valence-corrected chi connectivity index (χ4v) is 0.799. The third-order valence-corrected chi connectivity index (χ3v) is 1.26. The Morgan fingerprint density at radius 3 is 3.09 bits per heavy atom. The van der Waals surface area contributed by atoms with Crippen molar-refractivity contribution in [2.75, 3.05) is 6.61 Å². The molecule has 0 atom stereocenters. The number of aliphatic hydroxyl groups is 1. The Labute approximate surface area is 65.7 Å². The van der Waals surface area contributed by atoms with Crippen LogP contribution in [0.15, 0.2) is 18.3 Å². The lowest BCUT2D eigenvalue weighted by Crippen LogP contribution is -1.94. The number of rotatable bonds is 3. The van der Waals surface area contributed by atoms with E-state index < -0.39 is 0 Å². The van der Waals surface area contributed by atoms with Crippen LogP contribution in [0.1, 0.15) is 12.6 Å². The molecular weight excluding hydrogens is 142 g/mol. The van der Waals surface area contributed by atoms with Crippen LogP contribution in [0, 0.1) is 0 Å². The minimum Gasteiger partial charge on any atom is -0.494 e. The number of hydrogen-bond acceptors (Lipinski definition) is 3. The maximum absolute atomic E-state index is 8.71. The first kappa shape index (κ1) is 8.01. The molecule has 3 nitrogen and oxygen atoms in total. The molecule has 1 rings (SSSR count). The van der Waals surface area contributed by atoms with E-state index in [1.807, 2.05) is 6.92 Å². The molecule has 0 spiro atoms. The molecular formula is C8H11NO2. The Morgan fingerprint density at radius 2 is 2.45 bits per heavy atom. The van der Waals surface area contributed by atoms with Crippen LogP contribution in [0.25, 0.3) is 0 Å². The van der Waals surface area contributed by atoms with E-state index >= 15 is 0 Å². The first-order valence-corrected chi connectivity index (χ1v) is 3.55. The van der Waals surface area contributed by atoms with Gasteiger partial charge in [0.2, 0.25) is 0 Å². The normalized spacial score (nSPS) is 9.64. The molecule has 0 saturated heterocycles. The van der Waals surface area contributed by atoms with Gasteiger partial charge in [-0.25, -0.2) is 0 Å². The van der Waals surface area contributed by atoms with Crippen molar-refractivity contribution < 1.29 is 9.84 Å². The number of ether oxygens (including phenoxy) is 1. The first-order chi connectivity index (χ1) is 5.36. The van der Waals surface area contributed by atoms with Gasteiger partial charge in [-0.3, -0.25) is 4.98 Å². The molecule has 60 valence electrons. The van der Waals surface area contributed by atoms with Gasteiger partial charge in [-0.05, 0) is 13.0 Å². The van der Waals surface area contributed by atoms with E-state index in [4.69, 9.17) is 9.84 Å². The lowest BCUT2D eigenvalue weighted by atomic mass is 10.3. The average molecular weight is 153 g/mol. The van der Waals surface area contributed by atoms with Crippen molar-refractivity contribution in [3.8, 4) is 5.75 Å². The summed E-state index contributed by atoms with van der Waals surface area (Å²) in [6.45, 7) is 2.51. The van der Waals surface area contributed by atoms with Crippen LogP contribution in [-0.4, -0.2) is 16.7 Å². The smallest absolute Gasteiger partial charge is 0.122 e. The highest BCUT2D eigenvalue weighted by Gasteiger charge is 1.94. The molecule has 1 aromatic rings. The molecule has 0 amide bonds. The van der Waals surface area contributed by atoms with Gasteiger partial charge >= 0.3 is 0 Å². The molecule has 1 aromatic heterocycles. The van der Waals surface area contributed by atoms with Crippen molar-refractivity contribution in [1.29, 1.82) is 0 Å². The van der Waals surface area contributed by atoms with Gasteiger partial charge in [-0.1, -0.05) is 0 Å². The number of aliphatic hydroxyl groups excluding tert-OH is 1. The van der Waals surface area contributed by atoms with Crippen LogP contribution in [0.3, 0.4) is 0 Å². The molecule has 0 saturated carbocycles. The Kier molecular flexibility index (Phi) is 2.86. The molecule has 0 radical (unpaired) electrons. The fraction of sp³-hybridized carbons (Fsp3) is 0.375. The summed E-state index contributed by atoms with van der Waals surface area (Å²) in [5.74, 6) is 0.756. The van der Waals surface area contributed by atoms with E-state index in [0.717, 1.165) is 5.75 Å². The topological polar surface area (TPSA) is 42.4 Å². The van der Waals surface area contributed by atoms with Gasteiger partial charge in [0.05, 0.1) is 18.9 Å². The highest BCUT2D eigenvalue weighted by Crippen LogP contribution is 2.10. The van der Waals surface area contributed by atoms with Crippen molar-refractivity contribution in [3.63, 3.8) is 0 Å². The second-order valence-corrected chi connectivity index (χ2v) is 2.07. The summed E-state index contributed by atoms with van der Waals surface area (Å²) in [7, 11) is 0. The summed E-state index contributed by atoms with van der Waals surface area (Å²) in [5, 5.41) is 8.71. The molecule has 0 aliphatic heterocycles. The van der Waals surface area contributed by atoms with Gasteiger partial charge < -0.3 is 9.84 Å². The maximum Gasteiger partial charge on any atom is 0.122 e. The van der Waals surface area contributed by atoms with Crippen LogP contribution in [-0.2, 0) is 6.61 Å². The van der Waals surface area contributed by atoms with E-state index in [1.165, 1.54) is 0 Å². The highest BCUT2D eigenvalue weighted by molar-refractivity contribution is 5.21. The van der Waals surface area contributed by atoms with E-state index in [9.17, 15) is 0 Å². The van der Waals surface area contributed by atoms with Gasteiger partial charge in [-0.15, -0.1) is 0 Å². The second kappa shape index (κ2) is 3.93. The van der Waals surface area contributed by atoms with E-state index in [0.29, 0.717) is 12.3 Å². The molecule has 0 unspecified atom stereocenters. The van der Waals surface area contributed by atoms with Gasteiger partial charge in [-0.2, -0.15) is 0 Å². The molecule has 1 N–H and O–H groups in total. The SMILES string of the molecule is CCOc1ccnc(CO)c1. The molecule has 1 heterocycles. The van der Waals surface area contributed by atoms with Crippen LogP contribution in [0.5, 0.6) is 5.75 Å². The summed E-state index contributed by atoms with van der Waals surface area (Å²) >= 11 is 0.